The van der Waals surface area contributed by atoms with Crippen molar-refractivity contribution < 1.29 is 14.6 Å². The van der Waals surface area contributed by atoms with Crippen LogP contribution < -0.4 is 9.64 Å². The van der Waals surface area contributed by atoms with E-state index in [0.29, 0.717) is 6.42 Å². The summed E-state index contributed by atoms with van der Waals surface area (Å²) in [6.07, 6.45) is 1.99. The van der Waals surface area contributed by atoms with Crippen LogP contribution >= 0.6 is 0 Å². The summed E-state index contributed by atoms with van der Waals surface area (Å²) in [7, 11) is 1.62. The van der Waals surface area contributed by atoms with Gasteiger partial charge in [0.2, 0.25) is 0 Å². The second kappa shape index (κ2) is 8.10. The highest BCUT2D eigenvalue weighted by atomic mass is 16.5. The molecule has 148 valence electrons. The van der Waals surface area contributed by atoms with Crippen LogP contribution in [0, 0.1) is 0 Å². The fourth-order valence-corrected chi connectivity index (χ4v) is 4.11. The maximum absolute atomic E-state index is 13.1. The second-order valence-corrected chi connectivity index (χ2v) is 7.45. The zero-order chi connectivity index (χ0) is 20.3. The summed E-state index contributed by atoms with van der Waals surface area (Å²) in [6, 6.07) is 26.8. The van der Waals surface area contributed by atoms with Crippen molar-refractivity contribution in [1.29, 1.82) is 0 Å². The zero-order valence-corrected chi connectivity index (χ0v) is 16.5. The van der Waals surface area contributed by atoms with Gasteiger partial charge in [-0.3, -0.25) is 9.69 Å². The predicted molar refractivity (Wildman–Crippen MR) is 114 cm³/mol. The lowest BCUT2D eigenvalue weighted by Crippen LogP contribution is -2.68. The first-order valence-corrected chi connectivity index (χ1v) is 9.92. The van der Waals surface area contributed by atoms with Crippen molar-refractivity contribution in [2.45, 2.75) is 30.9 Å². The van der Waals surface area contributed by atoms with Gasteiger partial charge in [-0.1, -0.05) is 60.7 Å². The van der Waals surface area contributed by atoms with Crippen LogP contribution in [0.25, 0.3) is 0 Å². The second-order valence-electron chi connectivity index (χ2n) is 7.45. The molecule has 0 saturated carbocycles. The van der Waals surface area contributed by atoms with E-state index >= 15 is 0 Å². The number of carbonyl (C=O) groups is 1. The van der Waals surface area contributed by atoms with Gasteiger partial charge in [0.15, 0.2) is 5.60 Å². The Morgan fingerprint density at radius 2 is 1.55 bits per heavy atom. The molecule has 0 radical (unpaired) electrons. The van der Waals surface area contributed by atoms with E-state index in [2.05, 4.69) is 12.1 Å². The molecule has 0 bridgehead atoms. The maximum Gasteiger partial charge on any atom is 0.262 e. The van der Waals surface area contributed by atoms with Crippen LogP contribution in [-0.2, 0) is 11.2 Å². The topological polar surface area (TPSA) is 49.8 Å². The third kappa shape index (κ3) is 3.64. The fourth-order valence-electron chi connectivity index (χ4n) is 4.11. The van der Waals surface area contributed by atoms with E-state index in [-0.39, 0.29) is 5.91 Å². The number of aryl methyl sites for hydroxylation is 1. The summed E-state index contributed by atoms with van der Waals surface area (Å²) >= 11 is 0. The lowest BCUT2D eigenvalue weighted by atomic mass is 9.74. The fraction of sp³-hybridized carbons (Fsp3) is 0.240. The smallest absolute Gasteiger partial charge is 0.262 e. The summed E-state index contributed by atoms with van der Waals surface area (Å²) in [6.45, 7) is 0. The lowest BCUT2D eigenvalue weighted by Gasteiger charge is -2.53. The number of β-lactam (4-membered cyclic amide) rings is 1. The Balaban J connectivity index is 1.59. The van der Waals surface area contributed by atoms with E-state index in [1.807, 2.05) is 72.8 Å². The summed E-state index contributed by atoms with van der Waals surface area (Å²) in [4.78, 5) is 14.8. The van der Waals surface area contributed by atoms with Crippen molar-refractivity contribution in [3.05, 3.63) is 96.1 Å². The van der Waals surface area contributed by atoms with Crippen LogP contribution in [0.4, 0.5) is 5.69 Å². The summed E-state index contributed by atoms with van der Waals surface area (Å²) in [5, 5.41) is 11.4. The molecule has 1 aliphatic rings. The SMILES string of the molecule is COc1ccc([C@H]2N(c3ccccc3)C(=O)[C@]2(O)CCCc2ccccc2)cc1. The number of rotatable bonds is 7. The molecule has 3 aromatic rings. The first kappa shape index (κ1) is 19.2. The molecule has 4 rings (SSSR count). The summed E-state index contributed by atoms with van der Waals surface area (Å²) in [5.74, 6) is 0.510. The standard InChI is InChI=1S/C25H25NO3/c1-29-22-16-14-20(15-17-22)23-25(28,18-8-11-19-9-4-2-5-10-19)24(27)26(23)21-12-6-3-7-13-21/h2-7,9-10,12-17,23,28H,8,11,18H2,1H3/t23-,25+/m1/s1. The molecule has 3 aromatic carbocycles. The molecule has 0 unspecified atom stereocenters. The van der Waals surface area contributed by atoms with Gasteiger partial charge in [-0.05, 0) is 54.7 Å². The Kier molecular flexibility index (Phi) is 5.36. The molecule has 0 spiro atoms. The Hall–Kier alpha value is -3.11. The molecule has 1 N–H and O–H groups in total. The minimum atomic E-state index is -1.40. The van der Waals surface area contributed by atoms with Crippen LogP contribution in [0.15, 0.2) is 84.9 Å². The molecule has 1 amide bonds. The van der Waals surface area contributed by atoms with Gasteiger partial charge in [0, 0.05) is 5.69 Å². The maximum atomic E-state index is 13.1. The lowest BCUT2D eigenvalue weighted by molar-refractivity contribution is -0.155. The van der Waals surface area contributed by atoms with E-state index in [1.54, 1.807) is 12.0 Å². The Morgan fingerprint density at radius 1 is 0.931 bits per heavy atom. The van der Waals surface area contributed by atoms with Crippen molar-refractivity contribution in [3.8, 4) is 5.75 Å². The molecule has 1 saturated heterocycles. The molecule has 4 heteroatoms. The number of benzene rings is 3. The van der Waals surface area contributed by atoms with Crippen molar-refractivity contribution in [2.75, 3.05) is 12.0 Å². The van der Waals surface area contributed by atoms with Crippen LogP contribution in [0.2, 0.25) is 0 Å². The van der Waals surface area contributed by atoms with Gasteiger partial charge in [0.05, 0.1) is 13.2 Å². The average molecular weight is 387 g/mol. The first-order chi connectivity index (χ1) is 14.1. The van der Waals surface area contributed by atoms with Crippen molar-refractivity contribution in [1.82, 2.24) is 0 Å². The van der Waals surface area contributed by atoms with Crippen LogP contribution in [0.5, 0.6) is 5.75 Å². The van der Waals surface area contributed by atoms with Crippen LogP contribution in [0.3, 0.4) is 0 Å². The number of hydrogen-bond donors (Lipinski definition) is 1. The molecule has 0 aliphatic carbocycles. The molecule has 29 heavy (non-hydrogen) atoms. The molecule has 4 nitrogen and oxygen atoms in total. The van der Waals surface area contributed by atoms with Crippen molar-refractivity contribution >= 4 is 11.6 Å². The number of nitrogens with zero attached hydrogens (tertiary/aromatic N) is 1. The van der Waals surface area contributed by atoms with E-state index in [0.717, 1.165) is 29.8 Å². The van der Waals surface area contributed by atoms with Gasteiger partial charge in [0.25, 0.3) is 5.91 Å². The number of carbonyl (C=O) groups excluding carboxylic acids is 1. The van der Waals surface area contributed by atoms with Crippen molar-refractivity contribution in [3.63, 3.8) is 0 Å². The number of hydrogen-bond acceptors (Lipinski definition) is 3. The molecule has 1 heterocycles. The molecule has 1 fully saturated rings. The molecule has 1 aliphatic heterocycles. The minimum Gasteiger partial charge on any atom is -0.497 e. The van der Waals surface area contributed by atoms with E-state index in [4.69, 9.17) is 4.74 Å². The highest BCUT2D eigenvalue weighted by Crippen LogP contribution is 2.48. The first-order valence-electron chi connectivity index (χ1n) is 9.92. The number of aliphatic hydroxyl groups is 1. The van der Waals surface area contributed by atoms with Gasteiger partial charge in [-0.15, -0.1) is 0 Å². The van der Waals surface area contributed by atoms with Gasteiger partial charge >= 0.3 is 0 Å². The van der Waals surface area contributed by atoms with Crippen LogP contribution in [-0.4, -0.2) is 23.7 Å². The number of para-hydroxylation sites is 1. The third-order valence-electron chi connectivity index (χ3n) is 5.63. The third-order valence-corrected chi connectivity index (χ3v) is 5.63. The number of anilines is 1. The summed E-state index contributed by atoms with van der Waals surface area (Å²) in [5.41, 5.74) is 1.51. The number of methoxy groups -OCH3 is 1. The molecular weight excluding hydrogens is 362 g/mol. The Labute approximate surface area is 171 Å². The van der Waals surface area contributed by atoms with E-state index in [1.165, 1.54) is 5.56 Å². The van der Waals surface area contributed by atoms with Gasteiger partial charge in [-0.2, -0.15) is 0 Å². The Bertz CT molecular complexity index is 956. The van der Waals surface area contributed by atoms with Crippen LogP contribution in [0.1, 0.15) is 30.0 Å². The summed E-state index contributed by atoms with van der Waals surface area (Å²) < 4.78 is 5.26. The number of ether oxygens (including phenoxy) is 1. The minimum absolute atomic E-state index is 0.238. The van der Waals surface area contributed by atoms with Crippen molar-refractivity contribution in [2.24, 2.45) is 0 Å². The quantitative estimate of drug-likeness (QED) is 0.606. The Morgan fingerprint density at radius 3 is 2.17 bits per heavy atom. The van der Waals surface area contributed by atoms with Gasteiger partial charge in [0.1, 0.15) is 5.75 Å². The predicted octanol–water partition coefficient (Wildman–Crippen LogP) is 4.54. The molecular formula is C25H25NO3. The van der Waals surface area contributed by atoms with E-state index in [9.17, 15) is 9.90 Å². The normalized spacial score (nSPS) is 21.0. The zero-order valence-electron chi connectivity index (χ0n) is 16.5. The average Bonchev–Trinajstić information content (AvgIpc) is 2.78. The van der Waals surface area contributed by atoms with Gasteiger partial charge < -0.3 is 9.84 Å². The highest BCUT2D eigenvalue weighted by Gasteiger charge is 2.60. The molecule has 0 aromatic heterocycles. The number of amides is 1. The largest absolute Gasteiger partial charge is 0.497 e. The monoisotopic (exact) mass is 387 g/mol. The highest BCUT2D eigenvalue weighted by molar-refractivity contribution is 6.08. The van der Waals surface area contributed by atoms with E-state index < -0.39 is 11.6 Å². The molecule has 2 atom stereocenters. The van der Waals surface area contributed by atoms with Gasteiger partial charge in [-0.25, -0.2) is 0 Å².